The zero-order chi connectivity index (χ0) is 15.4. The number of benzene rings is 2. The number of nitro benzene ring substituents is 1. The van der Waals surface area contributed by atoms with Gasteiger partial charge < -0.3 is 5.73 Å². The second-order valence-corrected chi connectivity index (χ2v) is 5.63. The number of hydrogen-bond donors (Lipinski definition) is 1. The minimum atomic E-state index is -0.434. The summed E-state index contributed by atoms with van der Waals surface area (Å²) in [4.78, 5) is 10.6. The van der Waals surface area contributed by atoms with Crippen LogP contribution in [0.25, 0.3) is 0 Å². The zero-order valence-electron chi connectivity index (χ0n) is 11.1. The molecule has 0 bridgehead atoms. The Morgan fingerprint density at radius 3 is 2.38 bits per heavy atom. The average Bonchev–Trinajstić information content (AvgIpc) is 2.43. The quantitative estimate of drug-likeness (QED) is 0.667. The Bertz CT molecular complexity index is 645. The van der Waals surface area contributed by atoms with Crippen LogP contribution in [0.3, 0.4) is 0 Å². The first-order valence-corrected chi connectivity index (χ1v) is 7.14. The maximum Gasteiger partial charge on any atom is 0.274 e. The molecule has 6 heteroatoms. The Morgan fingerprint density at radius 2 is 1.76 bits per heavy atom. The van der Waals surface area contributed by atoms with E-state index in [1.807, 2.05) is 12.1 Å². The summed E-state index contributed by atoms with van der Waals surface area (Å²) in [5.41, 5.74) is 7.61. The fraction of sp³-hybridized carbons (Fsp3) is 0.200. The van der Waals surface area contributed by atoms with Crippen LogP contribution in [-0.2, 0) is 12.8 Å². The van der Waals surface area contributed by atoms with E-state index in [2.05, 4.69) is 0 Å². The van der Waals surface area contributed by atoms with Gasteiger partial charge in [-0.3, -0.25) is 10.1 Å². The lowest BCUT2D eigenvalue weighted by atomic mass is 9.98. The fourth-order valence-corrected chi connectivity index (χ4v) is 2.55. The highest BCUT2D eigenvalue weighted by Crippen LogP contribution is 2.27. The van der Waals surface area contributed by atoms with Gasteiger partial charge in [0, 0.05) is 22.7 Å². The molecule has 0 heterocycles. The zero-order valence-corrected chi connectivity index (χ0v) is 12.6. The predicted molar refractivity (Wildman–Crippen MR) is 84.9 cm³/mol. The largest absolute Gasteiger partial charge is 0.327 e. The Labute approximate surface area is 132 Å². The summed E-state index contributed by atoms with van der Waals surface area (Å²) in [6.07, 6.45) is 0.943. The van der Waals surface area contributed by atoms with Crippen molar-refractivity contribution in [1.29, 1.82) is 0 Å². The van der Waals surface area contributed by atoms with E-state index < -0.39 is 4.92 Å². The lowest BCUT2D eigenvalue weighted by Gasteiger charge is -2.13. The van der Waals surface area contributed by atoms with Crippen LogP contribution in [-0.4, -0.2) is 11.0 Å². The van der Waals surface area contributed by atoms with E-state index in [1.165, 1.54) is 6.07 Å². The summed E-state index contributed by atoms with van der Waals surface area (Å²) in [6.45, 7) is 0. The van der Waals surface area contributed by atoms with Crippen molar-refractivity contribution in [3.8, 4) is 0 Å². The third-order valence-corrected chi connectivity index (χ3v) is 3.77. The molecule has 2 aromatic carbocycles. The van der Waals surface area contributed by atoms with Gasteiger partial charge in [-0.25, -0.2) is 0 Å². The van der Waals surface area contributed by atoms with Crippen molar-refractivity contribution < 1.29 is 4.92 Å². The number of halogens is 2. The van der Waals surface area contributed by atoms with Crippen LogP contribution in [0.2, 0.25) is 10.0 Å². The van der Waals surface area contributed by atoms with Gasteiger partial charge in [0.15, 0.2) is 0 Å². The molecule has 4 nitrogen and oxygen atoms in total. The lowest BCUT2D eigenvalue weighted by Crippen LogP contribution is -2.26. The van der Waals surface area contributed by atoms with E-state index in [9.17, 15) is 10.1 Å². The van der Waals surface area contributed by atoms with E-state index in [0.29, 0.717) is 28.5 Å². The lowest BCUT2D eigenvalue weighted by molar-refractivity contribution is -0.385. The van der Waals surface area contributed by atoms with E-state index in [-0.39, 0.29) is 11.7 Å². The Hall–Kier alpha value is -1.62. The maximum atomic E-state index is 11.0. The maximum absolute atomic E-state index is 11.0. The van der Waals surface area contributed by atoms with Gasteiger partial charge in [0.25, 0.3) is 5.69 Å². The minimum Gasteiger partial charge on any atom is -0.327 e. The number of nitrogens with zero attached hydrogens (tertiary/aromatic N) is 1. The van der Waals surface area contributed by atoms with Crippen molar-refractivity contribution >= 4 is 28.9 Å². The first-order chi connectivity index (χ1) is 9.97. The molecule has 110 valence electrons. The molecule has 0 aromatic heterocycles. The van der Waals surface area contributed by atoms with E-state index in [0.717, 1.165) is 5.56 Å². The summed E-state index contributed by atoms with van der Waals surface area (Å²) >= 11 is 11.9. The predicted octanol–water partition coefficient (Wildman–Crippen LogP) is 4.01. The van der Waals surface area contributed by atoms with Crippen LogP contribution in [0.5, 0.6) is 0 Å². The Kier molecular flexibility index (Phi) is 5.17. The first kappa shape index (κ1) is 15.8. The van der Waals surface area contributed by atoms with Crippen LogP contribution in [0.15, 0.2) is 42.5 Å². The number of nitro groups is 1. The first-order valence-electron chi connectivity index (χ1n) is 6.39. The van der Waals surface area contributed by atoms with Gasteiger partial charge in [-0.2, -0.15) is 0 Å². The van der Waals surface area contributed by atoms with Crippen molar-refractivity contribution in [2.24, 2.45) is 5.73 Å². The van der Waals surface area contributed by atoms with Gasteiger partial charge in [-0.1, -0.05) is 41.4 Å². The molecule has 0 aliphatic rings. The van der Waals surface area contributed by atoms with Gasteiger partial charge in [0.1, 0.15) is 0 Å². The van der Waals surface area contributed by atoms with Crippen molar-refractivity contribution in [3.63, 3.8) is 0 Å². The molecule has 0 saturated carbocycles. The molecule has 2 N–H and O–H groups in total. The monoisotopic (exact) mass is 324 g/mol. The van der Waals surface area contributed by atoms with Gasteiger partial charge >= 0.3 is 0 Å². The summed E-state index contributed by atoms with van der Waals surface area (Å²) in [7, 11) is 0. The van der Waals surface area contributed by atoms with Gasteiger partial charge in [-0.05, 0) is 36.6 Å². The van der Waals surface area contributed by atoms with Crippen molar-refractivity contribution in [2.45, 2.75) is 18.9 Å². The number of hydrogen-bond acceptors (Lipinski definition) is 3. The van der Waals surface area contributed by atoms with E-state index >= 15 is 0 Å². The highest BCUT2D eigenvalue weighted by molar-refractivity contribution is 6.31. The van der Waals surface area contributed by atoms with Crippen molar-refractivity contribution in [2.75, 3.05) is 0 Å². The standard InChI is InChI=1S/C15H14Cl2N2O2/c16-11-6-4-10(5-7-11)8-12(18)9-13-14(17)2-1-3-15(13)19(20)21/h1-7,12H,8-9,18H2. The smallest absolute Gasteiger partial charge is 0.274 e. The second kappa shape index (κ2) is 6.89. The van der Waals surface area contributed by atoms with E-state index in [1.54, 1.807) is 24.3 Å². The molecule has 2 rings (SSSR count). The molecule has 0 radical (unpaired) electrons. The van der Waals surface area contributed by atoms with Crippen LogP contribution in [0, 0.1) is 10.1 Å². The SMILES string of the molecule is NC(Cc1ccc(Cl)cc1)Cc1c(Cl)cccc1[N+](=O)[O-]. The highest BCUT2D eigenvalue weighted by atomic mass is 35.5. The molecule has 0 aliphatic heterocycles. The second-order valence-electron chi connectivity index (χ2n) is 4.79. The highest BCUT2D eigenvalue weighted by Gasteiger charge is 2.19. The summed E-state index contributed by atoms with van der Waals surface area (Å²) in [5, 5.41) is 12.1. The summed E-state index contributed by atoms with van der Waals surface area (Å²) in [5.74, 6) is 0. The molecular weight excluding hydrogens is 311 g/mol. The molecule has 0 spiro atoms. The van der Waals surface area contributed by atoms with Crippen LogP contribution < -0.4 is 5.73 Å². The molecule has 0 aliphatic carbocycles. The van der Waals surface area contributed by atoms with Crippen LogP contribution in [0.4, 0.5) is 5.69 Å². The Balaban J connectivity index is 2.14. The van der Waals surface area contributed by atoms with E-state index in [4.69, 9.17) is 28.9 Å². The summed E-state index contributed by atoms with van der Waals surface area (Å²) < 4.78 is 0. The molecule has 1 atom stereocenters. The molecule has 1 unspecified atom stereocenters. The third kappa shape index (κ3) is 4.17. The van der Waals surface area contributed by atoms with Crippen molar-refractivity contribution in [3.05, 3.63) is 73.8 Å². The molecule has 0 amide bonds. The van der Waals surface area contributed by atoms with Crippen LogP contribution in [0.1, 0.15) is 11.1 Å². The topological polar surface area (TPSA) is 69.2 Å². The van der Waals surface area contributed by atoms with Gasteiger partial charge in [0.2, 0.25) is 0 Å². The average molecular weight is 325 g/mol. The minimum absolute atomic E-state index is 0.00839. The van der Waals surface area contributed by atoms with Gasteiger partial charge in [-0.15, -0.1) is 0 Å². The molecule has 0 saturated heterocycles. The van der Waals surface area contributed by atoms with Gasteiger partial charge in [0.05, 0.1) is 9.95 Å². The number of nitrogens with two attached hydrogens (primary N) is 1. The number of rotatable bonds is 5. The normalized spacial score (nSPS) is 12.1. The van der Waals surface area contributed by atoms with Crippen LogP contribution >= 0.6 is 23.2 Å². The molecule has 21 heavy (non-hydrogen) atoms. The Morgan fingerprint density at radius 1 is 1.10 bits per heavy atom. The fourth-order valence-electron chi connectivity index (χ4n) is 2.18. The van der Waals surface area contributed by atoms with Crippen molar-refractivity contribution in [1.82, 2.24) is 0 Å². The molecule has 0 fully saturated rings. The molecule has 2 aromatic rings. The summed E-state index contributed by atoms with van der Waals surface area (Å²) in [6, 6.07) is 11.8. The third-order valence-electron chi connectivity index (χ3n) is 3.17. The molecular formula is C15H14Cl2N2O2.